The van der Waals surface area contributed by atoms with Crippen LogP contribution in [0, 0.1) is 0 Å². The molecule has 0 radical (unpaired) electrons. The average Bonchev–Trinajstić information content (AvgIpc) is 2.40. The summed E-state index contributed by atoms with van der Waals surface area (Å²) >= 11 is 5.76. The van der Waals surface area contributed by atoms with E-state index in [0.29, 0.717) is 6.42 Å². The number of halogens is 4. The molecular formula is C9H13ClF3N3. The maximum Gasteiger partial charge on any atom is 0.435 e. The molecule has 1 unspecified atom stereocenters. The Bertz CT molecular complexity index is 371. The van der Waals surface area contributed by atoms with Gasteiger partial charge in [-0.05, 0) is 19.8 Å². The van der Waals surface area contributed by atoms with Gasteiger partial charge in [0.25, 0.3) is 0 Å². The van der Waals surface area contributed by atoms with Crippen LogP contribution < -0.4 is 5.73 Å². The fourth-order valence-electron chi connectivity index (χ4n) is 1.37. The van der Waals surface area contributed by atoms with Crippen LogP contribution in [0.15, 0.2) is 0 Å². The van der Waals surface area contributed by atoms with Gasteiger partial charge in [-0.25, -0.2) is 0 Å². The van der Waals surface area contributed by atoms with Crippen molar-refractivity contribution in [3.63, 3.8) is 0 Å². The molecule has 0 amide bonds. The number of hydrogen-bond donors (Lipinski definition) is 1. The molecule has 0 spiro atoms. The molecule has 7 heteroatoms. The lowest BCUT2D eigenvalue weighted by Crippen LogP contribution is -2.17. The molecule has 3 nitrogen and oxygen atoms in total. The molecule has 0 saturated heterocycles. The SMILES string of the molecule is CC(N)CCc1c(C(F)(F)F)nn(C)c1Cl. The first-order chi connectivity index (χ1) is 7.23. The van der Waals surface area contributed by atoms with Crippen LogP contribution in [0.4, 0.5) is 13.2 Å². The molecule has 1 aromatic rings. The predicted octanol–water partition coefficient (Wildman–Crippen LogP) is 2.37. The highest BCUT2D eigenvalue weighted by Crippen LogP contribution is 2.34. The van der Waals surface area contributed by atoms with E-state index in [-0.39, 0.29) is 23.2 Å². The minimum absolute atomic E-state index is 0.0213. The van der Waals surface area contributed by atoms with Crippen LogP contribution in [0.5, 0.6) is 0 Å². The Labute approximate surface area is 96.4 Å². The van der Waals surface area contributed by atoms with E-state index in [4.69, 9.17) is 17.3 Å². The van der Waals surface area contributed by atoms with Crippen LogP contribution >= 0.6 is 11.6 Å². The van der Waals surface area contributed by atoms with Crippen molar-refractivity contribution in [3.05, 3.63) is 16.4 Å². The van der Waals surface area contributed by atoms with E-state index in [0.717, 1.165) is 4.68 Å². The van der Waals surface area contributed by atoms with Crippen molar-refractivity contribution in [1.82, 2.24) is 9.78 Å². The number of nitrogens with zero attached hydrogens (tertiary/aromatic N) is 2. The summed E-state index contributed by atoms with van der Waals surface area (Å²) in [6.45, 7) is 1.73. The number of aryl methyl sites for hydroxylation is 1. The van der Waals surface area contributed by atoms with Crippen molar-refractivity contribution in [2.75, 3.05) is 0 Å². The Morgan fingerprint density at radius 3 is 2.50 bits per heavy atom. The van der Waals surface area contributed by atoms with E-state index < -0.39 is 11.9 Å². The zero-order valence-electron chi connectivity index (χ0n) is 8.98. The van der Waals surface area contributed by atoms with Crippen LogP contribution in [-0.4, -0.2) is 15.8 Å². The number of alkyl halides is 3. The third-order valence-corrected chi connectivity index (χ3v) is 2.66. The monoisotopic (exact) mass is 255 g/mol. The number of rotatable bonds is 3. The van der Waals surface area contributed by atoms with Crippen molar-refractivity contribution in [3.8, 4) is 0 Å². The zero-order chi connectivity index (χ0) is 12.5. The Morgan fingerprint density at radius 1 is 1.50 bits per heavy atom. The standard InChI is InChI=1S/C9H13ClF3N3/c1-5(14)3-4-6-7(9(11,12)13)15-16(2)8(6)10/h5H,3-4,14H2,1-2H3. The summed E-state index contributed by atoms with van der Waals surface area (Å²) < 4.78 is 38.8. The van der Waals surface area contributed by atoms with Gasteiger partial charge in [-0.3, -0.25) is 4.68 Å². The van der Waals surface area contributed by atoms with E-state index in [2.05, 4.69) is 5.10 Å². The first-order valence-corrected chi connectivity index (χ1v) is 5.15. The fourth-order valence-corrected chi connectivity index (χ4v) is 1.59. The molecule has 0 aliphatic rings. The highest BCUT2D eigenvalue weighted by molar-refractivity contribution is 6.30. The van der Waals surface area contributed by atoms with E-state index in [1.807, 2.05) is 0 Å². The van der Waals surface area contributed by atoms with Gasteiger partial charge in [0.1, 0.15) is 5.15 Å². The highest BCUT2D eigenvalue weighted by atomic mass is 35.5. The van der Waals surface area contributed by atoms with Gasteiger partial charge in [0, 0.05) is 18.7 Å². The summed E-state index contributed by atoms with van der Waals surface area (Å²) in [4.78, 5) is 0. The first-order valence-electron chi connectivity index (χ1n) is 4.77. The van der Waals surface area contributed by atoms with Crippen molar-refractivity contribution in [2.45, 2.75) is 32.0 Å². The number of aromatic nitrogens is 2. The smallest absolute Gasteiger partial charge is 0.328 e. The summed E-state index contributed by atoms with van der Waals surface area (Å²) in [5, 5.41) is 3.40. The Hall–Kier alpha value is -0.750. The van der Waals surface area contributed by atoms with E-state index in [9.17, 15) is 13.2 Å². The lowest BCUT2D eigenvalue weighted by molar-refractivity contribution is -0.142. The molecule has 0 saturated carbocycles. The Balaban J connectivity index is 3.05. The van der Waals surface area contributed by atoms with Gasteiger partial charge in [0.2, 0.25) is 0 Å². The second-order valence-corrected chi connectivity index (χ2v) is 4.11. The normalized spacial score (nSPS) is 14.2. The molecular weight excluding hydrogens is 243 g/mol. The molecule has 0 bridgehead atoms. The van der Waals surface area contributed by atoms with Crippen LogP contribution in [-0.2, 0) is 19.6 Å². The van der Waals surface area contributed by atoms with Gasteiger partial charge < -0.3 is 5.73 Å². The summed E-state index contributed by atoms with van der Waals surface area (Å²) in [6, 6.07) is -0.169. The van der Waals surface area contributed by atoms with Crippen molar-refractivity contribution < 1.29 is 13.2 Å². The molecule has 1 aromatic heterocycles. The third kappa shape index (κ3) is 2.89. The largest absolute Gasteiger partial charge is 0.435 e. The highest BCUT2D eigenvalue weighted by Gasteiger charge is 2.38. The first kappa shape index (κ1) is 13.3. The number of nitrogens with two attached hydrogens (primary N) is 1. The van der Waals surface area contributed by atoms with E-state index in [1.165, 1.54) is 7.05 Å². The number of hydrogen-bond acceptors (Lipinski definition) is 2. The molecule has 92 valence electrons. The zero-order valence-corrected chi connectivity index (χ0v) is 9.73. The maximum atomic E-state index is 12.6. The molecule has 16 heavy (non-hydrogen) atoms. The molecule has 1 rings (SSSR count). The van der Waals surface area contributed by atoms with Crippen molar-refractivity contribution >= 4 is 11.6 Å². The molecule has 0 fully saturated rings. The predicted molar refractivity (Wildman–Crippen MR) is 55.2 cm³/mol. The van der Waals surface area contributed by atoms with Gasteiger partial charge in [-0.15, -0.1) is 0 Å². The maximum absolute atomic E-state index is 12.6. The molecule has 1 atom stereocenters. The molecule has 0 aliphatic heterocycles. The summed E-state index contributed by atoms with van der Waals surface area (Å²) in [6.07, 6.45) is -3.86. The van der Waals surface area contributed by atoms with Crippen molar-refractivity contribution in [2.24, 2.45) is 12.8 Å². The second kappa shape index (κ2) is 4.63. The van der Waals surface area contributed by atoms with Gasteiger partial charge in [0.15, 0.2) is 5.69 Å². The second-order valence-electron chi connectivity index (χ2n) is 3.76. The van der Waals surface area contributed by atoms with Gasteiger partial charge in [-0.2, -0.15) is 18.3 Å². The fraction of sp³-hybridized carbons (Fsp3) is 0.667. The van der Waals surface area contributed by atoms with Crippen LogP contribution in [0.3, 0.4) is 0 Å². The molecule has 0 aromatic carbocycles. The summed E-state index contributed by atoms with van der Waals surface area (Å²) in [5.41, 5.74) is 4.61. The molecule has 2 N–H and O–H groups in total. The minimum atomic E-state index is -4.47. The lowest BCUT2D eigenvalue weighted by atomic mass is 10.1. The van der Waals surface area contributed by atoms with Gasteiger partial charge >= 0.3 is 6.18 Å². The summed E-state index contributed by atoms with van der Waals surface area (Å²) in [7, 11) is 1.38. The van der Waals surface area contributed by atoms with Crippen LogP contribution in [0.2, 0.25) is 5.15 Å². The van der Waals surface area contributed by atoms with Crippen LogP contribution in [0.25, 0.3) is 0 Å². The summed E-state index contributed by atoms with van der Waals surface area (Å²) in [5.74, 6) is 0. The van der Waals surface area contributed by atoms with Crippen molar-refractivity contribution in [1.29, 1.82) is 0 Å². The minimum Gasteiger partial charge on any atom is -0.328 e. The van der Waals surface area contributed by atoms with Gasteiger partial charge in [-0.1, -0.05) is 11.6 Å². The molecule has 0 aliphatic carbocycles. The van der Waals surface area contributed by atoms with Crippen LogP contribution in [0.1, 0.15) is 24.6 Å². The quantitative estimate of drug-likeness (QED) is 0.901. The van der Waals surface area contributed by atoms with Gasteiger partial charge in [0.05, 0.1) is 0 Å². The average molecular weight is 256 g/mol. The third-order valence-electron chi connectivity index (χ3n) is 2.19. The Morgan fingerprint density at radius 2 is 2.06 bits per heavy atom. The molecule has 1 heterocycles. The lowest BCUT2D eigenvalue weighted by Gasteiger charge is -2.07. The topological polar surface area (TPSA) is 43.8 Å². The van der Waals surface area contributed by atoms with E-state index >= 15 is 0 Å². The van der Waals surface area contributed by atoms with E-state index in [1.54, 1.807) is 6.92 Å². The Kier molecular flexibility index (Phi) is 3.85.